The van der Waals surface area contributed by atoms with Crippen LogP contribution in [0.2, 0.25) is 0 Å². The minimum absolute atomic E-state index is 0.0200. The molecule has 0 unspecified atom stereocenters. The summed E-state index contributed by atoms with van der Waals surface area (Å²) >= 11 is 0. The number of nitro groups is 1. The van der Waals surface area contributed by atoms with E-state index in [1.807, 2.05) is 0 Å². The lowest BCUT2D eigenvalue weighted by atomic mass is 10.1. The lowest BCUT2D eigenvalue weighted by molar-refractivity contribution is -0.386. The van der Waals surface area contributed by atoms with Gasteiger partial charge in [0.05, 0.1) is 16.2 Å². The predicted octanol–water partition coefficient (Wildman–Crippen LogP) is 3.32. The van der Waals surface area contributed by atoms with E-state index in [-0.39, 0.29) is 18.0 Å². The summed E-state index contributed by atoms with van der Waals surface area (Å²) in [4.78, 5) is 14.7. The normalized spacial score (nSPS) is 10.3. The molecule has 0 atom stereocenters. The van der Waals surface area contributed by atoms with Crippen LogP contribution in [0.3, 0.4) is 0 Å². The maximum absolute atomic E-state index is 13.4. The highest BCUT2D eigenvalue weighted by Gasteiger charge is 2.19. The van der Waals surface area contributed by atoms with Crippen LogP contribution in [-0.2, 0) is 6.61 Å². The fourth-order valence-electron chi connectivity index (χ4n) is 1.90. The van der Waals surface area contributed by atoms with Gasteiger partial charge in [-0.3, -0.25) is 15.1 Å². The van der Waals surface area contributed by atoms with Crippen LogP contribution in [0.25, 0.3) is 0 Å². The van der Waals surface area contributed by atoms with Crippen molar-refractivity contribution in [3.63, 3.8) is 0 Å². The smallest absolute Gasteiger partial charge is 0.278 e. The standard InChI is InChI=1S/C14H13FN2O3/c1-9-7-16-12(10(2)14(9)17(18)19)8-20-13-6-4-3-5-11(13)15/h3-7H,8H2,1-2H3. The second-order valence-electron chi connectivity index (χ2n) is 4.34. The Bertz CT molecular complexity index is 659. The summed E-state index contributed by atoms with van der Waals surface area (Å²) in [5.74, 6) is -0.385. The van der Waals surface area contributed by atoms with E-state index >= 15 is 0 Å². The number of para-hydroxylation sites is 1. The number of aryl methyl sites for hydroxylation is 1. The Morgan fingerprint density at radius 3 is 2.70 bits per heavy atom. The number of aromatic nitrogens is 1. The van der Waals surface area contributed by atoms with Crippen molar-refractivity contribution in [1.82, 2.24) is 4.98 Å². The second-order valence-corrected chi connectivity index (χ2v) is 4.34. The maximum atomic E-state index is 13.4. The third-order valence-electron chi connectivity index (χ3n) is 2.96. The van der Waals surface area contributed by atoms with Gasteiger partial charge in [-0.1, -0.05) is 12.1 Å². The highest BCUT2D eigenvalue weighted by atomic mass is 19.1. The van der Waals surface area contributed by atoms with Gasteiger partial charge in [0.1, 0.15) is 6.61 Å². The third-order valence-corrected chi connectivity index (χ3v) is 2.96. The Kier molecular flexibility index (Phi) is 3.93. The van der Waals surface area contributed by atoms with Crippen LogP contribution in [0, 0.1) is 29.8 Å². The molecule has 0 amide bonds. The van der Waals surface area contributed by atoms with Gasteiger partial charge in [-0.05, 0) is 26.0 Å². The largest absolute Gasteiger partial charge is 0.484 e. The van der Waals surface area contributed by atoms with Crippen molar-refractivity contribution in [2.24, 2.45) is 0 Å². The first-order chi connectivity index (χ1) is 9.50. The number of ether oxygens (including phenoxy) is 1. The first-order valence-corrected chi connectivity index (χ1v) is 5.97. The minimum Gasteiger partial charge on any atom is -0.484 e. The molecule has 20 heavy (non-hydrogen) atoms. The van der Waals surface area contributed by atoms with Crippen molar-refractivity contribution in [3.8, 4) is 5.75 Å². The van der Waals surface area contributed by atoms with Crippen LogP contribution in [0.5, 0.6) is 5.75 Å². The van der Waals surface area contributed by atoms with E-state index in [2.05, 4.69) is 4.98 Å². The number of benzene rings is 1. The van der Waals surface area contributed by atoms with Crippen LogP contribution in [0.4, 0.5) is 10.1 Å². The van der Waals surface area contributed by atoms with Gasteiger partial charge in [-0.2, -0.15) is 0 Å². The molecule has 1 aromatic carbocycles. The molecule has 5 nitrogen and oxygen atoms in total. The number of hydrogen-bond acceptors (Lipinski definition) is 4. The summed E-state index contributed by atoms with van der Waals surface area (Å²) in [6.45, 7) is 3.21. The zero-order valence-electron chi connectivity index (χ0n) is 11.1. The molecule has 0 radical (unpaired) electrons. The Hall–Kier alpha value is -2.50. The molecule has 2 aromatic rings. The van der Waals surface area contributed by atoms with Crippen LogP contribution >= 0.6 is 0 Å². The van der Waals surface area contributed by atoms with Crippen molar-refractivity contribution >= 4 is 5.69 Å². The zero-order chi connectivity index (χ0) is 14.7. The summed E-state index contributed by atoms with van der Waals surface area (Å²) in [7, 11) is 0. The van der Waals surface area contributed by atoms with Crippen molar-refractivity contribution in [3.05, 3.63) is 63.2 Å². The van der Waals surface area contributed by atoms with E-state index in [4.69, 9.17) is 4.74 Å². The van der Waals surface area contributed by atoms with E-state index in [1.165, 1.54) is 18.3 Å². The molecule has 0 spiro atoms. The van der Waals surface area contributed by atoms with Gasteiger partial charge in [0, 0.05) is 11.8 Å². The molecule has 1 heterocycles. The highest BCUT2D eigenvalue weighted by Crippen LogP contribution is 2.25. The third kappa shape index (κ3) is 2.74. The molecule has 2 rings (SSSR count). The minimum atomic E-state index is -0.480. The molecule has 1 aromatic heterocycles. The number of nitrogens with zero attached hydrogens (tertiary/aromatic N) is 2. The molecule has 0 fully saturated rings. The quantitative estimate of drug-likeness (QED) is 0.634. The van der Waals surface area contributed by atoms with Crippen LogP contribution in [0.1, 0.15) is 16.8 Å². The lowest BCUT2D eigenvalue weighted by Crippen LogP contribution is -2.06. The topological polar surface area (TPSA) is 65.3 Å². The van der Waals surface area contributed by atoms with Crippen LogP contribution < -0.4 is 4.74 Å². The maximum Gasteiger partial charge on any atom is 0.278 e. The first-order valence-electron chi connectivity index (χ1n) is 5.97. The van der Waals surface area contributed by atoms with Crippen molar-refractivity contribution in [2.45, 2.75) is 20.5 Å². The lowest BCUT2D eigenvalue weighted by Gasteiger charge is -2.09. The van der Waals surface area contributed by atoms with Crippen molar-refractivity contribution < 1.29 is 14.1 Å². The van der Waals surface area contributed by atoms with Gasteiger partial charge < -0.3 is 4.74 Å². The molecule has 0 saturated heterocycles. The van der Waals surface area contributed by atoms with Gasteiger partial charge in [-0.15, -0.1) is 0 Å². The summed E-state index contributed by atoms with van der Waals surface area (Å²) in [5.41, 5.74) is 1.37. The second kappa shape index (κ2) is 5.64. The van der Waals surface area contributed by atoms with Gasteiger partial charge in [0.2, 0.25) is 0 Å². The Balaban J connectivity index is 2.25. The van der Waals surface area contributed by atoms with Crippen molar-refractivity contribution in [2.75, 3.05) is 0 Å². The number of rotatable bonds is 4. The molecule has 104 valence electrons. The number of pyridine rings is 1. The van der Waals surface area contributed by atoms with Crippen LogP contribution in [0.15, 0.2) is 30.5 Å². The Morgan fingerprint density at radius 1 is 1.35 bits per heavy atom. The predicted molar refractivity (Wildman–Crippen MR) is 71.1 cm³/mol. The zero-order valence-corrected chi connectivity index (χ0v) is 11.1. The average Bonchev–Trinajstić information content (AvgIpc) is 2.39. The molecule has 0 N–H and O–H groups in total. The van der Waals surface area contributed by atoms with Gasteiger partial charge >= 0.3 is 0 Å². The molecule has 0 aliphatic rings. The summed E-state index contributed by atoms with van der Waals surface area (Å²) in [6, 6.07) is 5.99. The van der Waals surface area contributed by atoms with E-state index in [9.17, 15) is 14.5 Å². The summed E-state index contributed by atoms with van der Waals surface area (Å²) < 4.78 is 18.7. The van der Waals surface area contributed by atoms with Gasteiger partial charge in [0.25, 0.3) is 5.69 Å². The molecule has 6 heteroatoms. The highest BCUT2D eigenvalue weighted by molar-refractivity contribution is 5.47. The molecule has 0 aliphatic carbocycles. The number of halogens is 1. The van der Waals surface area contributed by atoms with E-state index in [0.29, 0.717) is 16.8 Å². The van der Waals surface area contributed by atoms with Gasteiger partial charge in [0.15, 0.2) is 11.6 Å². The fraction of sp³-hybridized carbons (Fsp3) is 0.214. The van der Waals surface area contributed by atoms with E-state index in [0.717, 1.165) is 0 Å². The van der Waals surface area contributed by atoms with Crippen LogP contribution in [-0.4, -0.2) is 9.91 Å². The van der Waals surface area contributed by atoms with Gasteiger partial charge in [-0.25, -0.2) is 4.39 Å². The summed E-state index contributed by atoms with van der Waals surface area (Å²) in [6.07, 6.45) is 1.42. The Labute approximate surface area is 115 Å². The number of hydrogen-bond donors (Lipinski definition) is 0. The molecule has 0 saturated carbocycles. The van der Waals surface area contributed by atoms with Crippen molar-refractivity contribution in [1.29, 1.82) is 0 Å². The SMILES string of the molecule is Cc1cnc(COc2ccccc2F)c(C)c1[N+](=O)[O-]. The first kappa shape index (κ1) is 13.9. The van der Waals surface area contributed by atoms with E-state index < -0.39 is 10.7 Å². The molecular weight excluding hydrogens is 263 g/mol. The fourth-order valence-corrected chi connectivity index (χ4v) is 1.90. The molecule has 0 aliphatic heterocycles. The summed E-state index contributed by atoms with van der Waals surface area (Å²) in [5, 5.41) is 11.0. The average molecular weight is 276 g/mol. The molecular formula is C14H13FN2O3. The molecule has 0 bridgehead atoms. The monoisotopic (exact) mass is 276 g/mol. The Morgan fingerprint density at radius 2 is 2.05 bits per heavy atom. The van der Waals surface area contributed by atoms with E-state index in [1.54, 1.807) is 26.0 Å².